The molecule has 2 aromatic rings. The van der Waals surface area contributed by atoms with E-state index in [1.807, 2.05) is 0 Å². The smallest absolute Gasteiger partial charge is 0.255 e. The molecule has 0 aromatic heterocycles. The summed E-state index contributed by atoms with van der Waals surface area (Å²) < 4.78 is 224. The van der Waals surface area contributed by atoms with Gasteiger partial charge in [-0.15, -0.1) is 0 Å². The summed E-state index contributed by atoms with van der Waals surface area (Å²) in [5, 5.41) is 3.11. The van der Waals surface area contributed by atoms with Gasteiger partial charge in [-0.2, -0.15) is 0 Å². The average molecular weight is 475 g/mol. The Morgan fingerprint density at radius 1 is 1.15 bits per heavy atom. The monoisotopic (exact) mass is 474 g/mol. The van der Waals surface area contributed by atoms with Gasteiger partial charge in [-0.1, -0.05) is 30.2 Å². The molecule has 0 bridgehead atoms. The molecule has 0 aliphatic carbocycles. The molecule has 0 spiro atoms. The van der Waals surface area contributed by atoms with Crippen molar-refractivity contribution < 1.29 is 54.8 Å². The SMILES string of the molecule is [2H]c1c([2H])c(NC([2H])([2H])c2c([2H])c([2H])c([2H])c([2H])c2C([2H])([2H])N2C([2H])([2H])C([2H])([2H])OC([2H])([2H])C2([2H])[2H])c2c(c1[2H])C(=O)N(C1([2H])C(=O)NC(=O)C([2H])([2H])C1([2H])[2H])C2([2H])[2H]. The fraction of sp³-hybridized carbons (Fsp3) is 0.400. The Morgan fingerprint density at radius 3 is 2.76 bits per heavy atom. The number of benzene rings is 2. The van der Waals surface area contributed by atoms with Crippen LogP contribution in [0.25, 0.3) is 0 Å². The number of amides is 3. The molecule has 0 saturated carbocycles. The van der Waals surface area contributed by atoms with Crippen LogP contribution >= 0.6 is 0 Å². The molecule has 1 atom stereocenters. The van der Waals surface area contributed by atoms with E-state index in [-0.39, 0.29) is 0 Å². The highest BCUT2D eigenvalue weighted by Gasteiger charge is 2.39. The van der Waals surface area contributed by atoms with E-state index < -0.39 is 162 Å². The normalized spacial score (nSPS) is 46.4. The highest BCUT2D eigenvalue weighted by atomic mass is 16.5. The number of morpholine rings is 1. The van der Waals surface area contributed by atoms with E-state index in [0.717, 1.165) is 0 Å². The van der Waals surface area contributed by atoms with Crippen LogP contribution in [-0.4, -0.2) is 59.7 Å². The number of anilines is 1. The predicted octanol–water partition coefficient (Wildman–Crippen LogP) is 1.89. The van der Waals surface area contributed by atoms with Crippen LogP contribution in [0.15, 0.2) is 42.3 Å². The van der Waals surface area contributed by atoms with E-state index in [2.05, 4.69) is 4.74 Å². The van der Waals surface area contributed by atoms with E-state index in [9.17, 15) is 14.4 Å². The predicted molar refractivity (Wildman–Crippen MR) is 122 cm³/mol. The zero-order chi connectivity index (χ0) is 45.9. The molecule has 2 saturated heterocycles. The standard InChI is InChI=1S/C25H28N4O4/c30-23-9-8-22(24(31)27-23)29-16-20-19(25(29)32)6-3-7-21(20)26-14-17-4-1-2-5-18(17)15-28-10-12-33-13-11-28/h1-7,22,26H,8-16H2,(H,27,30,31)/i1D,2D,3D,4D,5D,6D,7D,8D2,9D2,10D2,11D2,12D2,13D2,14D2,15D2,16D2,22D. The molecule has 5 rings (SSSR count). The first kappa shape index (κ1) is 6.90. The molecule has 1 unspecified atom stereocenters. The Morgan fingerprint density at radius 2 is 1.94 bits per heavy atom. The second-order valence-corrected chi connectivity index (χ2v) is 6.11. The summed E-state index contributed by atoms with van der Waals surface area (Å²) in [4.78, 5) is 38.2. The van der Waals surface area contributed by atoms with Crippen molar-refractivity contribution in [3.05, 3.63) is 64.6 Å². The van der Waals surface area contributed by atoms with Crippen LogP contribution in [0.2, 0.25) is 0 Å². The molecule has 3 aliphatic heterocycles. The summed E-state index contributed by atoms with van der Waals surface area (Å²) in [6.07, 6.45) is -7.98. The summed E-state index contributed by atoms with van der Waals surface area (Å²) in [5.74, 6) is -6.05. The van der Waals surface area contributed by atoms with E-state index in [4.69, 9.17) is 35.6 Å². The number of nitrogens with zero attached hydrogens (tertiary/aromatic N) is 2. The van der Waals surface area contributed by atoms with Gasteiger partial charge >= 0.3 is 0 Å². The molecule has 8 nitrogen and oxygen atoms in total. The van der Waals surface area contributed by atoms with Crippen molar-refractivity contribution in [2.24, 2.45) is 0 Å². The number of ether oxygens (including phenoxy) is 1. The number of rotatable bonds is 6. The Hall–Kier alpha value is -3.23. The Kier molecular flexibility index (Phi) is 1.95. The van der Waals surface area contributed by atoms with Crippen LogP contribution in [-0.2, 0) is 33.8 Å². The van der Waals surface area contributed by atoms with Crippen molar-refractivity contribution in [2.45, 2.75) is 38.3 Å². The van der Waals surface area contributed by atoms with Crippen molar-refractivity contribution >= 4 is 23.4 Å². The lowest BCUT2D eigenvalue weighted by molar-refractivity contribution is -0.136. The van der Waals surface area contributed by atoms with E-state index >= 15 is 0 Å². The first-order valence-electron chi connectivity index (χ1n) is 21.9. The van der Waals surface area contributed by atoms with Gasteiger partial charge in [0.2, 0.25) is 11.8 Å². The molecule has 0 radical (unpaired) electrons. The molecule has 3 aliphatic rings. The largest absolute Gasteiger partial charge is 0.381 e. The summed E-state index contributed by atoms with van der Waals surface area (Å²) in [6, 6.07) is -14.1. The summed E-state index contributed by atoms with van der Waals surface area (Å²) in [5.41, 5.74) is -7.64. The lowest BCUT2D eigenvalue weighted by Crippen LogP contribution is -2.52. The summed E-state index contributed by atoms with van der Waals surface area (Å²) in [6.45, 7) is -28.3. The summed E-state index contributed by atoms with van der Waals surface area (Å²) in [7, 11) is 0. The number of carbonyl (C=O) groups is 3. The van der Waals surface area contributed by atoms with E-state index in [0.29, 0.717) is 0 Å². The third-order valence-corrected chi connectivity index (χ3v) is 4.12. The number of imide groups is 1. The molecule has 2 fully saturated rings. The van der Waals surface area contributed by atoms with Gasteiger partial charge in [0, 0.05) is 69.4 Å². The molecule has 172 valence electrons. The van der Waals surface area contributed by atoms with Crippen LogP contribution in [0.1, 0.15) is 75.4 Å². The minimum Gasteiger partial charge on any atom is -0.381 e. The van der Waals surface area contributed by atoms with Gasteiger partial charge in [-0.25, -0.2) is 0 Å². The van der Waals surface area contributed by atoms with Gasteiger partial charge in [0.05, 0.1) is 35.1 Å². The molecule has 8 heteroatoms. The van der Waals surface area contributed by atoms with Crippen LogP contribution in [0, 0.1) is 0 Å². The third-order valence-electron chi connectivity index (χ3n) is 4.12. The van der Waals surface area contributed by atoms with Crippen molar-refractivity contribution in [3.63, 3.8) is 0 Å². The first-order chi connectivity index (χ1) is 26.1. The lowest BCUT2D eigenvalue weighted by atomic mass is 10.0. The molecular weight excluding hydrogens is 420 g/mol. The van der Waals surface area contributed by atoms with Crippen LogP contribution in [0.5, 0.6) is 0 Å². The zero-order valence-corrected chi connectivity index (χ0v) is 16.0. The van der Waals surface area contributed by atoms with Gasteiger partial charge in [-0.3, -0.25) is 24.6 Å². The number of hydrogen-bond donors (Lipinski definition) is 2. The van der Waals surface area contributed by atoms with Crippen LogP contribution in [0.4, 0.5) is 5.69 Å². The molecule has 2 aromatic carbocycles. The van der Waals surface area contributed by atoms with Gasteiger partial charge in [-0.05, 0) is 29.6 Å². The quantitative estimate of drug-likeness (QED) is 0.622. The highest BCUT2D eigenvalue weighted by Crippen LogP contribution is 2.32. The summed E-state index contributed by atoms with van der Waals surface area (Å²) >= 11 is 0. The fourth-order valence-electron chi connectivity index (χ4n) is 2.70. The third kappa shape index (κ3) is 4.49. The van der Waals surface area contributed by atoms with Gasteiger partial charge in [0.25, 0.3) is 5.91 Å². The Labute approximate surface area is 229 Å². The maximum atomic E-state index is 14.0. The van der Waals surface area contributed by atoms with Crippen molar-refractivity contribution in [2.75, 3.05) is 31.4 Å². The molecular formula is C25H28N4O4. The van der Waals surface area contributed by atoms with Crippen LogP contribution < -0.4 is 10.6 Å². The van der Waals surface area contributed by atoms with E-state index in [1.54, 1.807) is 5.32 Å². The second-order valence-electron chi connectivity index (χ2n) is 6.11. The van der Waals surface area contributed by atoms with Gasteiger partial charge in [0.15, 0.2) is 0 Å². The van der Waals surface area contributed by atoms with Crippen molar-refractivity contribution in [1.29, 1.82) is 0 Å². The molecule has 3 amide bonds. The van der Waals surface area contributed by atoms with E-state index in [1.165, 1.54) is 5.32 Å². The van der Waals surface area contributed by atoms with Gasteiger partial charge in [0.1, 0.15) is 6.02 Å². The Balaban J connectivity index is 1.83. The van der Waals surface area contributed by atoms with Crippen molar-refractivity contribution in [3.8, 4) is 0 Å². The average Bonchev–Trinajstić information content (AvgIpc) is 3.27. The maximum absolute atomic E-state index is 14.0. The maximum Gasteiger partial charge on any atom is 0.255 e. The highest BCUT2D eigenvalue weighted by molar-refractivity contribution is 6.06. The minimum absolute atomic E-state index is 0.564. The zero-order valence-electron chi connectivity index (χ0n) is 42.0. The molecule has 33 heavy (non-hydrogen) atoms. The van der Waals surface area contributed by atoms with Crippen molar-refractivity contribution in [1.82, 2.24) is 15.1 Å². The first-order valence-corrected chi connectivity index (χ1v) is 8.86. The lowest BCUT2D eigenvalue weighted by Gasteiger charge is -2.29. The number of fused-ring (bicyclic) bond motifs is 1. The topological polar surface area (TPSA) is 91.0 Å². The number of nitrogens with one attached hydrogen (secondary N) is 2. The Bertz CT molecular complexity index is 2220. The minimum atomic E-state index is -4.26. The number of hydrogen-bond acceptors (Lipinski definition) is 6. The second kappa shape index (κ2) is 9.33. The van der Waals surface area contributed by atoms with Gasteiger partial charge < -0.3 is 15.0 Å². The molecule has 3 heterocycles. The fourth-order valence-corrected chi connectivity index (χ4v) is 2.70. The van der Waals surface area contributed by atoms with Crippen LogP contribution in [0.3, 0.4) is 0 Å². The molecule has 2 N–H and O–H groups in total. The number of piperidine rings is 1. The number of carbonyl (C=O) groups excluding carboxylic acids is 3.